The Morgan fingerprint density at radius 3 is 2.56 bits per heavy atom. The van der Waals surface area contributed by atoms with E-state index in [1.807, 2.05) is 0 Å². The maximum atomic E-state index is 11.8. The quantitative estimate of drug-likeness (QED) is 0.719. The predicted octanol–water partition coefficient (Wildman–Crippen LogP) is 0.223. The zero-order chi connectivity index (χ0) is 12.4. The van der Waals surface area contributed by atoms with Crippen molar-refractivity contribution in [3.8, 4) is 0 Å². The first-order valence-electron chi connectivity index (χ1n) is 4.07. The Hall–Kier alpha value is -1.29. The van der Waals surface area contributed by atoms with Gasteiger partial charge in [-0.2, -0.15) is 18.3 Å². The molecule has 0 aliphatic rings. The standard InChI is InChI=1S/C6H9F3N4O2S/c7-6(8,9)1-2-12-16(14,15)4-3-11-13-5(4)10/h3,12H,1-2H2,(H3,10,11,13). The number of nitrogen functional groups attached to an aromatic ring is 1. The van der Waals surface area contributed by atoms with Gasteiger partial charge in [-0.25, -0.2) is 13.1 Å². The van der Waals surface area contributed by atoms with Gasteiger partial charge in [-0.15, -0.1) is 0 Å². The SMILES string of the molecule is Nc1[nH]ncc1S(=O)(=O)NCCC(F)(F)F. The molecule has 6 nitrogen and oxygen atoms in total. The Morgan fingerprint density at radius 1 is 1.50 bits per heavy atom. The number of alkyl halides is 3. The summed E-state index contributed by atoms with van der Waals surface area (Å²) in [6.07, 6.45) is -4.74. The molecule has 0 unspecified atom stereocenters. The number of hydrogen-bond acceptors (Lipinski definition) is 4. The number of H-pyrrole nitrogens is 1. The molecule has 4 N–H and O–H groups in total. The van der Waals surface area contributed by atoms with Crippen molar-refractivity contribution in [1.29, 1.82) is 0 Å². The van der Waals surface area contributed by atoms with E-state index < -0.39 is 29.2 Å². The van der Waals surface area contributed by atoms with Gasteiger partial charge in [0.15, 0.2) is 0 Å². The lowest BCUT2D eigenvalue weighted by atomic mass is 10.4. The molecule has 0 bridgehead atoms. The van der Waals surface area contributed by atoms with E-state index in [0.29, 0.717) is 0 Å². The highest BCUT2D eigenvalue weighted by Crippen LogP contribution is 2.19. The second-order valence-electron chi connectivity index (χ2n) is 2.91. The van der Waals surface area contributed by atoms with Gasteiger partial charge in [0.2, 0.25) is 10.0 Å². The molecular weight excluding hydrogens is 249 g/mol. The van der Waals surface area contributed by atoms with E-state index in [2.05, 4.69) is 10.2 Å². The van der Waals surface area contributed by atoms with Crippen LogP contribution in [0.15, 0.2) is 11.1 Å². The van der Waals surface area contributed by atoms with Crippen LogP contribution in [-0.2, 0) is 10.0 Å². The smallest absolute Gasteiger partial charge is 0.383 e. The molecule has 1 aromatic heterocycles. The van der Waals surface area contributed by atoms with Crippen molar-refractivity contribution in [3.63, 3.8) is 0 Å². The van der Waals surface area contributed by atoms with Gasteiger partial charge in [0, 0.05) is 6.54 Å². The van der Waals surface area contributed by atoms with Crippen LogP contribution in [-0.4, -0.2) is 31.3 Å². The van der Waals surface area contributed by atoms with E-state index in [1.54, 1.807) is 4.72 Å². The average Bonchev–Trinajstić information content (AvgIpc) is 2.48. The predicted molar refractivity (Wildman–Crippen MR) is 48.9 cm³/mol. The lowest BCUT2D eigenvalue weighted by Gasteiger charge is -2.07. The van der Waals surface area contributed by atoms with E-state index >= 15 is 0 Å². The molecule has 0 amide bonds. The number of hydrogen-bond donors (Lipinski definition) is 3. The second kappa shape index (κ2) is 4.29. The van der Waals surface area contributed by atoms with Crippen LogP contribution in [0.4, 0.5) is 19.0 Å². The van der Waals surface area contributed by atoms with Gasteiger partial charge in [0.1, 0.15) is 10.7 Å². The molecule has 0 saturated heterocycles. The monoisotopic (exact) mass is 258 g/mol. The lowest BCUT2D eigenvalue weighted by molar-refractivity contribution is -0.132. The fourth-order valence-electron chi connectivity index (χ4n) is 0.904. The average molecular weight is 258 g/mol. The van der Waals surface area contributed by atoms with Crippen LogP contribution in [0.1, 0.15) is 6.42 Å². The van der Waals surface area contributed by atoms with E-state index in [4.69, 9.17) is 5.73 Å². The van der Waals surface area contributed by atoms with Gasteiger partial charge in [-0.05, 0) is 0 Å². The second-order valence-corrected chi connectivity index (χ2v) is 4.65. The van der Waals surface area contributed by atoms with Crippen LogP contribution in [0.2, 0.25) is 0 Å². The Balaban J connectivity index is 2.64. The Labute approximate surface area is 89.1 Å². The summed E-state index contributed by atoms with van der Waals surface area (Å²) in [5.74, 6) is -0.223. The molecule has 16 heavy (non-hydrogen) atoms. The Kier molecular flexibility index (Phi) is 3.43. The van der Waals surface area contributed by atoms with E-state index in [-0.39, 0.29) is 10.7 Å². The van der Waals surface area contributed by atoms with Gasteiger partial charge in [0.25, 0.3) is 0 Å². The molecule has 0 aliphatic carbocycles. The maximum Gasteiger partial charge on any atom is 0.390 e. The van der Waals surface area contributed by atoms with Crippen molar-refractivity contribution in [2.45, 2.75) is 17.5 Å². The van der Waals surface area contributed by atoms with Crippen molar-refractivity contribution in [2.24, 2.45) is 0 Å². The van der Waals surface area contributed by atoms with Gasteiger partial charge >= 0.3 is 6.18 Å². The zero-order valence-corrected chi connectivity index (χ0v) is 8.69. The van der Waals surface area contributed by atoms with Crippen LogP contribution < -0.4 is 10.5 Å². The number of sulfonamides is 1. The van der Waals surface area contributed by atoms with Crippen LogP contribution in [0.5, 0.6) is 0 Å². The molecule has 0 aromatic carbocycles. The lowest BCUT2D eigenvalue weighted by Crippen LogP contribution is -2.28. The molecule has 0 spiro atoms. The highest BCUT2D eigenvalue weighted by atomic mass is 32.2. The van der Waals surface area contributed by atoms with Crippen molar-refractivity contribution in [1.82, 2.24) is 14.9 Å². The summed E-state index contributed by atoms with van der Waals surface area (Å²) in [5, 5.41) is 5.52. The van der Waals surface area contributed by atoms with Crippen molar-refractivity contribution in [2.75, 3.05) is 12.3 Å². The molecule has 10 heteroatoms. The number of nitrogens with zero attached hydrogens (tertiary/aromatic N) is 1. The number of nitrogens with one attached hydrogen (secondary N) is 2. The molecule has 0 aliphatic heterocycles. The summed E-state index contributed by atoms with van der Waals surface area (Å²) in [6.45, 7) is -0.740. The third kappa shape index (κ3) is 3.38. The number of nitrogens with two attached hydrogens (primary N) is 1. The summed E-state index contributed by atoms with van der Waals surface area (Å²) in [6, 6.07) is 0. The van der Waals surface area contributed by atoms with Gasteiger partial charge < -0.3 is 5.73 Å². The molecular formula is C6H9F3N4O2S. The summed E-state index contributed by atoms with van der Waals surface area (Å²) >= 11 is 0. The Bertz CT molecular complexity index is 453. The number of rotatable bonds is 4. The summed E-state index contributed by atoms with van der Waals surface area (Å²) in [5.41, 5.74) is 5.22. The van der Waals surface area contributed by atoms with Gasteiger partial charge in [-0.1, -0.05) is 0 Å². The molecule has 1 rings (SSSR count). The molecule has 0 saturated carbocycles. The minimum Gasteiger partial charge on any atom is -0.383 e. The minimum atomic E-state index is -4.41. The van der Waals surface area contributed by atoms with E-state index in [9.17, 15) is 21.6 Å². The summed E-state index contributed by atoms with van der Waals surface area (Å²) in [4.78, 5) is -0.366. The normalized spacial score (nSPS) is 12.9. The number of anilines is 1. The molecule has 0 atom stereocenters. The van der Waals surface area contributed by atoms with E-state index in [1.165, 1.54) is 0 Å². The van der Waals surface area contributed by atoms with Gasteiger partial charge in [0.05, 0.1) is 12.6 Å². The highest BCUT2D eigenvalue weighted by molar-refractivity contribution is 7.89. The van der Waals surface area contributed by atoms with Crippen molar-refractivity contribution < 1.29 is 21.6 Å². The Morgan fingerprint density at radius 2 is 2.12 bits per heavy atom. The molecule has 1 heterocycles. The third-order valence-corrected chi connectivity index (χ3v) is 3.11. The topological polar surface area (TPSA) is 101 Å². The van der Waals surface area contributed by atoms with Crippen molar-refractivity contribution in [3.05, 3.63) is 6.20 Å². The van der Waals surface area contributed by atoms with Crippen LogP contribution >= 0.6 is 0 Å². The number of halogens is 3. The first-order chi connectivity index (χ1) is 7.22. The molecule has 0 radical (unpaired) electrons. The largest absolute Gasteiger partial charge is 0.390 e. The van der Waals surface area contributed by atoms with Crippen LogP contribution in [0.25, 0.3) is 0 Å². The molecule has 1 aromatic rings. The highest BCUT2D eigenvalue weighted by Gasteiger charge is 2.28. The first-order valence-corrected chi connectivity index (χ1v) is 5.56. The molecule has 92 valence electrons. The zero-order valence-electron chi connectivity index (χ0n) is 7.87. The fraction of sp³-hybridized carbons (Fsp3) is 0.500. The van der Waals surface area contributed by atoms with E-state index in [0.717, 1.165) is 6.20 Å². The number of aromatic nitrogens is 2. The maximum absolute atomic E-state index is 11.8. The third-order valence-electron chi connectivity index (χ3n) is 1.62. The number of aromatic amines is 1. The fourth-order valence-corrected chi connectivity index (χ4v) is 1.96. The van der Waals surface area contributed by atoms with Crippen molar-refractivity contribution >= 4 is 15.8 Å². The van der Waals surface area contributed by atoms with Crippen LogP contribution in [0, 0.1) is 0 Å². The molecule has 0 fully saturated rings. The first kappa shape index (κ1) is 12.8. The summed E-state index contributed by atoms with van der Waals surface area (Å²) < 4.78 is 59.9. The van der Waals surface area contributed by atoms with Crippen LogP contribution in [0.3, 0.4) is 0 Å². The minimum absolute atomic E-state index is 0.223. The summed E-state index contributed by atoms with van der Waals surface area (Å²) in [7, 11) is -4.04. The van der Waals surface area contributed by atoms with Gasteiger partial charge in [-0.3, -0.25) is 5.10 Å².